The van der Waals surface area contributed by atoms with Gasteiger partial charge in [0, 0.05) is 5.92 Å². The lowest BCUT2D eigenvalue weighted by Crippen LogP contribution is -2.51. The number of rotatable bonds is 1. The second-order valence-electron chi connectivity index (χ2n) is 9.51. The summed E-state index contributed by atoms with van der Waals surface area (Å²) in [5.74, 6) is 2.77. The number of allylic oxidation sites excluding steroid dienone is 2. The smallest absolute Gasteiger partial charge is 0.0795 e. The topological polar surface area (TPSA) is 65.2 Å². The van der Waals surface area contributed by atoms with Crippen molar-refractivity contribution >= 4 is 11.4 Å². The van der Waals surface area contributed by atoms with Crippen molar-refractivity contribution in [3.63, 3.8) is 0 Å². The third-order valence-electron chi connectivity index (χ3n) is 8.77. The highest BCUT2D eigenvalue weighted by atomic mass is 16.4. The minimum Gasteiger partial charge on any atom is -0.411 e. The predicted molar refractivity (Wildman–Crippen MR) is 99.3 cm³/mol. The van der Waals surface area contributed by atoms with Crippen molar-refractivity contribution in [1.82, 2.24) is 0 Å². The van der Waals surface area contributed by atoms with Crippen LogP contribution < -0.4 is 0 Å². The van der Waals surface area contributed by atoms with Gasteiger partial charge in [-0.15, -0.1) is 0 Å². The number of oxime groups is 2. The Balaban J connectivity index is 1.65. The van der Waals surface area contributed by atoms with Gasteiger partial charge in [0.25, 0.3) is 0 Å². The van der Waals surface area contributed by atoms with Crippen molar-refractivity contribution in [2.24, 2.45) is 44.8 Å². The molecule has 0 unspecified atom stereocenters. The van der Waals surface area contributed by atoms with E-state index in [1.807, 2.05) is 6.92 Å². The summed E-state index contributed by atoms with van der Waals surface area (Å²) in [5, 5.41) is 25.6. The molecule has 4 aliphatic rings. The molecule has 4 nitrogen and oxygen atoms in total. The molecular formula is C21H32N2O2. The van der Waals surface area contributed by atoms with Gasteiger partial charge in [0.05, 0.1) is 11.4 Å². The molecule has 4 heteroatoms. The summed E-state index contributed by atoms with van der Waals surface area (Å²) in [7, 11) is 0. The maximum absolute atomic E-state index is 9.32. The molecule has 3 fully saturated rings. The van der Waals surface area contributed by atoms with E-state index in [0.717, 1.165) is 48.4 Å². The molecular weight excluding hydrogens is 312 g/mol. The highest BCUT2D eigenvalue weighted by Gasteiger charge is 2.59. The first-order valence-electron chi connectivity index (χ1n) is 10.0. The Labute approximate surface area is 151 Å². The van der Waals surface area contributed by atoms with E-state index in [1.165, 1.54) is 37.7 Å². The average molecular weight is 344 g/mol. The van der Waals surface area contributed by atoms with Crippen LogP contribution in [0.3, 0.4) is 0 Å². The van der Waals surface area contributed by atoms with Gasteiger partial charge in [-0.25, -0.2) is 0 Å². The first kappa shape index (κ1) is 17.1. The van der Waals surface area contributed by atoms with Crippen LogP contribution in [0, 0.1) is 34.5 Å². The predicted octanol–water partition coefficient (Wildman–Crippen LogP) is 5.25. The van der Waals surface area contributed by atoms with E-state index in [4.69, 9.17) is 0 Å². The third kappa shape index (κ3) is 2.32. The van der Waals surface area contributed by atoms with Gasteiger partial charge in [-0.05, 0) is 93.0 Å². The van der Waals surface area contributed by atoms with E-state index >= 15 is 0 Å². The van der Waals surface area contributed by atoms with Crippen molar-refractivity contribution in [3.05, 3.63) is 11.6 Å². The van der Waals surface area contributed by atoms with Crippen LogP contribution in [0.15, 0.2) is 22.0 Å². The molecule has 0 heterocycles. The standard InChI is InChI=1S/C21H32N2O2/c1-13(22-24)17-6-7-18-16-5-4-14-12-15(23-25)8-10-20(14,2)19(16)9-11-21(17,18)3/h12,16-19,24-25H,4-11H2,1-3H3/b22-13-,23-15+/t16-,17+,18-,19-,20-,21+/m0/s1. The van der Waals surface area contributed by atoms with Crippen LogP contribution in [0.25, 0.3) is 0 Å². The summed E-state index contributed by atoms with van der Waals surface area (Å²) >= 11 is 0. The minimum atomic E-state index is 0.288. The van der Waals surface area contributed by atoms with Gasteiger partial charge in [0.1, 0.15) is 0 Å². The van der Waals surface area contributed by atoms with E-state index in [1.54, 1.807) is 0 Å². The number of nitrogens with zero attached hydrogens (tertiary/aromatic N) is 2. The summed E-state index contributed by atoms with van der Waals surface area (Å²) in [4.78, 5) is 0. The van der Waals surface area contributed by atoms with E-state index in [0.29, 0.717) is 11.3 Å². The Morgan fingerprint density at radius 2 is 1.84 bits per heavy atom. The van der Waals surface area contributed by atoms with Gasteiger partial charge in [-0.1, -0.05) is 29.7 Å². The fourth-order valence-electron chi connectivity index (χ4n) is 7.41. The summed E-state index contributed by atoms with van der Waals surface area (Å²) in [6.45, 7) is 6.94. The monoisotopic (exact) mass is 344 g/mol. The maximum Gasteiger partial charge on any atom is 0.0795 e. The van der Waals surface area contributed by atoms with Crippen molar-refractivity contribution < 1.29 is 10.4 Å². The van der Waals surface area contributed by atoms with Gasteiger partial charge >= 0.3 is 0 Å². The van der Waals surface area contributed by atoms with Crippen molar-refractivity contribution in [1.29, 1.82) is 0 Å². The lowest BCUT2D eigenvalue weighted by molar-refractivity contribution is -0.0410. The highest BCUT2D eigenvalue weighted by molar-refractivity contribution is 5.96. The molecule has 0 radical (unpaired) electrons. The van der Waals surface area contributed by atoms with Gasteiger partial charge in [0.2, 0.25) is 0 Å². The molecule has 0 aromatic rings. The zero-order valence-corrected chi connectivity index (χ0v) is 15.8. The quantitative estimate of drug-likeness (QED) is 0.388. The average Bonchev–Trinajstić information content (AvgIpc) is 2.97. The van der Waals surface area contributed by atoms with Crippen LogP contribution in [-0.4, -0.2) is 21.8 Å². The second-order valence-corrected chi connectivity index (χ2v) is 9.51. The van der Waals surface area contributed by atoms with E-state index in [9.17, 15) is 10.4 Å². The lowest BCUT2D eigenvalue weighted by Gasteiger charge is -2.58. The lowest BCUT2D eigenvalue weighted by atomic mass is 9.46. The second kappa shape index (κ2) is 5.85. The molecule has 0 amide bonds. The van der Waals surface area contributed by atoms with Gasteiger partial charge in [-0.2, -0.15) is 0 Å². The molecule has 6 atom stereocenters. The summed E-state index contributed by atoms with van der Waals surface area (Å²) in [5.41, 5.74) is 3.92. The molecule has 3 saturated carbocycles. The molecule has 25 heavy (non-hydrogen) atoms. The zero-order valence-electron chi connectivity index (χ0n) is 15.8. The maximum atomic E-state index is 9.32. The largest absolute Gasteiger partial charge is 0.411 e. The molecule has 4 aliphatic carbocycles. The molecule has 138 valence electrons. The van der Waals surface area contributed by atoms with Gasteiger partial charge in [0.15, 0.2) is 0 Å². The van der Waals surface area contributed by atoms with Crippen LogP contribution in [0.4, 0.5) is 0 Å². The molecule has 0 bridgehead atoms. The molecule has 0 spiro atoms. The Kier molecular flexibility index (Phi) is 4.01. The molecule has 0 aromatic carbocycles. The summed E-state index contributed by atoms with van der Waals surface area (Å²) in [6, 6.07) is 0. The van der Waals surface area contributed by atoms with Crippen LogP contribution in [0.1, 0.15) is 72.1 Å². The summed E-state index contributed by atoms with van der Waals surface area (Å²) < 4.78 is 0. The normalized spacial score (nSPS) is 48.5. The summed E-state index contributed by atoms with van der Waals surface area (Å²) in [6.07, 6.45) is 11.6. The van der Waals surface area contributed by atoms with Crippen LogP contribution >= 0.6 is 0 Å². The van der Waals surface area contributed by atoms with Gasteiger partial charge < -0.3 is 10.4 Å². The van der Waals surface area contributed by atoms with Crippen molar-refractivity contribution in [2.75, 3.05) is 0 Å². The fourth-order valence-corrected chi connectivity index (χ4v) is 7.41. The van der Waals surface area contributed by atoms with Crippen LogP contribution in [0.2, 0.25) is 0 Å². The van der Waals surface area contributed by atoms with Gasteiger partial charge in [-0.3, -0.25) is 0 Å². The molecule has 0 aromatic heterocycles. The first-order chi connectivity index (χ1) is 11.9. The van der Waals surface area contributed by atoms with Crippen molar-refractivity contribution in [3.8, 4) is 0 Å². The highest BCUT2D eigenvalue weighted by Crippen LogP contribution is 2.66. The molecule has 0 aliphatic heterocycles. The van der Waals surface area contributed by atoms with E-state index in [-0.39, 0.29) is 5.41 Å². The Morgan fingerprint density at radius 3 is 2.56 bits per heavy atom. The Bertz CT molecular complexity index is 652. The number of hydrogen-bond acceptors (Lipinski definition) is 4. The van der Waals surface area contributed by atoms with Crippen LogP contribution in [0.5, 0.6) is 0 Å². The first-order valence-corrected chi connectivity index (χ1v) is 10.0. The molecule has 2 N–H and O–H groups in total. The van der Waals surface area contributed by atoms with Crippen LogP contribution in [-0.2, 0) is 0 Å². The fraction of sp³-hybridized carbons (Fsp3) is 0.810. The number of hydrogen-bond donors (Lipinski definition) is 2. The Hall–Kier alpha value is -1.32. The zero-order chi connectivity index (χ0) is 17.8. The van der Waals surface area contributed by atoms with Crippen molar-refractivity contribution in [2.45, 2.75) is 72.1 Å². The van der Waals surface area contributed by atoms with E-state index < -0.39 is 0 Å². The van der Waals surface area contributed by atoms with E-state index in [2.05, 4.69) is 30.2 Å². The SMILES string of the molecule is C/C(=N/O)[C@H]1CC[C@H]2[C@@H]3CCC4=C/C(=N/O)CC[C@]4(C)[C@H]3CC[C@]12C. The number of fused-ring (bicyclic) bond motifs is 5. The molecule has 4 rings (SSSR count). The third-order valence-corrected chi connectivity index (χ3v) is 8.77. The molecule has 0 saturated heterocycles. The Morgan fingerprint density at radius 1 is 1.04 bits per heavy atom. The minimum absolute atomic E-state index is 0.288.